The van der Waals surface area contributed by atoms with Gasteiger partial charge in [-0.1, -0.05) is 0 Å². The molecule has 0 aliphatic rings. The number of hydrogen-bond acceptors (Lipinski definition) is 3. The molecule has 1 rings (SSSR count). The highest BCUT2D eigenvalue weighted by molar-refractivity contribution is 9.10. The third-order valence-corrected chi connectivity index (χ3v) is 1.98. The molecular weight excluding hydrogens is 208 g/mol. The minimum absolute atomic E-state index is 0.165. The Labute approximate surface area is 72.2 Å². The smallest absolute Gasteiger partial charge is 0.157 e. The van der Waals surface area contributed by atoms with Crippen LogP contribution in [0.15, 0.2) is 16.6 Å². The molecule has 3 nitrogen and oxygen atoms in total. The van der Waals surface area contributed by atoms with Crippen molar-refractivity contribution in [1.29, 1.82) is 5.26 Å². The third kappa shape index (κ3) is 1.28. The Hall–Kier alpha value is -1.21. The molecule has 0 aliphatic heterocycles. The Bertz CT molecular complexity index is 330. The van der Waals surface area contributed by atoms with E-state index in [9.17, 15) is 5.11 Å². The molecule has 0 unspecified atom stereocenters. The van der Waals surface area contributed by atoms with Gasteiger partial charge in [0.1, 0.15) is 6.07 Å². The summed E-state index contributed by atoms with van der Waals surface area (Å²) < 4.78 is 0.592. The molecule has 1 aromatic carbocycles. The molecule has 0 saturated heterocycles. The largest absolute Gasteiger partial charge is 0.504 e. The van der Waals surface area contributed by atoms with Crippen molar-refractivity contribution in [3.8, 4) is 11.8 Å². The monoisotopic (exact) mass is 212 g/mol. The van der Waals surface area contributed by atoms with Crippen LogP contribution in [0.2, 0.25) is 0 Å². The summed E-state index contributed by atoms with van der Waals surface area (Å²) in [6, 6.07) is 4.93. The molecule has 0 fully saturated rings. The molecule has 4 heteroatoms. The molecule has 0 aromatic heterocycles. The van der Waals surface area contributed by atoms with Gasteiger partial charge >= 0.3 is 0 Å². The van der Waals surface area contributed by atoms with Crippen LogP contribution < -0.4 is 5.73 Å². The van der Waals surface area contributed by atoms with Gasteiger partial charge < -0.3 is 10.8 Å². The van der Waals surface area contributed by atoms with Crippen molar-refractivity contribution in [2.45, 2.75) is 0 Å². The SMILES string of the molecule is N#Cc1ccc(Br)c(N)c1O. The Morgan fingerprint density at radius 3 is 2.73 bits per heavy atom. The van der Waals surface area contributed by atoms with Gasteiger partial charge in [-0.15, -0.1) is 0 Å². The topological polar surface area (TPSA) is 70.0 Å². The number of phenolic OH excluding ortho intramolecular Hbond substituents is 1. The Morgan fingerprint density at radius 1 is 1.55 bits per heavy atom. The highest BCUT2D eigenvalue weighted by atomic mass is 79.9. The van der Waals surface area contributed by atoms with Crippen molar-refractivity contribution in [2.75, 3.05) is 5.73 Å². The van der Waals surface area contributed by atoms with Crippen LogP contribution in [-0.4, -0.2) is 5.11 Å². The second-order valence-electron chi connectivity index (χ2n) is 1.97. The first-order valence-electron chi connectivity index (χ1n) is 2.84. The summed E-state index contributed by atoms with van der Waals surface area (Å²) in [5.41, 5.74) is 5.79. The van der Waals surface area contributed by atoms with Crippen LogP contribution in [0.4, 0.5) is 5.69 Å². The molecule has 3 N–H and O–H groups in total. The van der Waals surface area contributed by atoms with Gasteiger partial charge in [-0.2, -0.15) is 5.26 Å². The molecule has 0 heterocycles. The zero-order valence-corrected chi connectivity index (χ0v) is 7.09. The average Bonchev–Trinajstić information content (AvgIpc) is 2.01. The molecular formula is C7H5BrN2O. The van der Waals surface area contributed by atoms with E-state index in [1.807, 2.05) is 6.07 Å². The van der Waals surface area contributed by atoms with Gasteiger partial charge in [0.15, 0.2) is 5.75 Å². The predicted molar refractivity (Wildman–Crippen MR) is 44.9 cm³/mol. The maximum Gasteiger partial charge on any atom is 0.157 e. The average molecular weight is 213 g/mol. The van der Waals surface area contributed by atoms with E-state index in [-0.39, 0.29) is 17.0 Å². The Balaban J connectivity index is 3.40. The lowest BCUT2D eigenvalue weighted by Gasteiger charge is -2.01. The fourth-order valence-corrected chi connectivity index (χ4v) is 0.994. The molecule has 1 aromatic rings. The Morgan fingerprint density at radius 2 is 2.18 bits per heavy atom. The second kappa shape index (κ2) is 2.81. The van der Waals surface area contributed by atoms with Gasteiger partial charge in [0.25, 0.3) is 0 Å². The van der Waals surface area contributed by atoms with Crippen LogP contribution in [0, 0.1) is 11.3 Å². The summed E-state index contributed by atoms with van der Waals surface area (Å²) in [6.45, 7) is 0. The molecule has 0 saturated carbocycles. The van der Waals surface area contributed by atoms with Crippen LogP contribution in [0.1, 0.15) is 5.56 Å². The molecule has 56 valence electrons. The number of phenols is 1. The van der Waals surface area contributed by atoms with E-state index >= 15 is 0 Å². The zero-order chi connectivity index (χ0) is 8.43. The molecule has 0 atom stereocenters. The van der Waals surface area contributed by atoms with Gasteiger partial charge in [-0.3, -0.25) is 0 Å². The summed E-state index contributed by atoms with van der Waals surface area (Å²) in [7, 11) is 0. The normalized spacial score (nSPS) is 9.09. The molecule has 0 radical (unpaired) electrons. The van der Waals surface area contributed by atoms with Crippen LogP contribution >= 0.6 is 15.9 Å². The Kier molecular flexibility index (Phi) is 2.01. The lowest BCUT2D eigenvalue weighted by atomic mass is 10.2. The summed E-state index contributed by atoms with van der Waals surface area (Å²) in [6.07, 6.45) is 0. The van der Waals surface area contributed by atoms with Crippen LogP contribution in [0.25, 0.3) is 0 Å². The van der Waals surface area contributed by atoms with Crippen molar-refractivity contribution in [2.24, 2.45) is 0 Å². The van der Waals surface area contributed by atoms with Gasteiger partial charge in [0.2, 0.25) is 0 Å². The summed E-state index contributed by atoms with van der Waals surface area (Å²) in [4.78, 5) is 0. The van der Waals surface area contributed by atoms with Crippen LogP contribution in [0.3, 0.4) is 0 Å². The van der Waals surface area contributed by atoms with Crippen molar-refractivity contribution >= 4 is 21.6 Å². The number of anilines is 1. The molecule has 11 heavy (non-hydrogen) atoms. The van der Waals surface area contributed by atoms with Gasteiger partial charge in [-0.05, 0) is 28.1 Å². The van der Waals surface area contributed by atoms with Crippen molar-refractivity contribution < 1.29 is 5.11 Å². The van der Waals surface area contributed by atoms with E-state index in [4.69, 9.17) is 11.0 Å². The first-order chi connectivity index (χ1) is 5.16. The second-order valence-corrected chi connectivity index (χ2v) is 2.82. The number of nitrogens with two attached hydrogens (primary N) is 1. The third-order valence-electron chi connectivity index (χ3n) is 1.28. The summed E-state index contributed by atoms with van der Waals surface area (Å²) in [5.74, 6) is -0.165. The van der Waals surface area contributed by atoms with E-state index in [2.05, 4.69) is 15.9 Å². The quantitative estimate of drug-likeness (QED) is 0.508. The molecule has 0 amide bonds. The minimum Gasteiger partial charge on any atom is -0.504 e. The number of nitrogen functional groups attached to an aromatic ring is 1. The fraction of sp³-hybridized carbons (Fsp3) is 0. The van der Waals surface area contributed by atoms with E-state index in [0.717, 1.165) is 0 Å². The number of benzene rings is 1. The standard InChI is InChI=1S/C7H5BrN2O/c8-5-2-1-4(3-9)7(11)6(5)10/h1-2,11H,10H2. The van der Waals surface area contributed by atoms with E-state index in [1.54, 1.807) is 6.07 Å². The van der Waals surface area contributed by atoms with E-state index < -0.39 is 0 Å². The number of rotatable bonds is 0. The maximum absolute atomic E-state index is 9.20. The van der Waals surface area contributed by atoms with E-state index in [1.165, 1.54) is 6.07 Å². The van der Waals surface area contributed by atoms with Crippen molar-refractivity contribution in [3.63, 3.8) is 0 Å². The van der Waals surface area contributed by atoms with Crippen LogP contribution in [0.5, 0.6) is 5.75 Å². The number of nitrogens with zero attached hydrogens (tertiary/aromatic N) is 1. The molecule has 0 spiro atoms. The lowest BCUT2D eigenvalue weighted by Crippen LogP contribution is -1.89. The first kappa shape index (κ1) is 7.89. The van der Waals surface area contributed by atoms with Gasteiger partial charge in [0.05, 0.1) is 11.3 Å². The fourth-order valence-electron chi connectivity index (χ4n) is 0.674. The highest BCUT2D eigenvalue weighted by Gasteiger charge is 2.06. The number of aromatic hydroxyl groups is 1. The summed E-state index contributed by atoms with van der Waals surface area (Å²) in [5, 5.41) is 17.7. The van der Waals surface area contributed by atoms with Gasteiger partial charge in [-0.25, -0.2) is 0 Å². The molecule has 0 aliphatic carbocycles. The number of hydrogen-bond donors (Lipinski definition) is 2. The summed E-state index contributed by atoms with van der Waals surface area (Å²) >= 11 is 3.11. The maximum atomic E-state index is 9.20. The number of halogens is 1. The number of nitriles is 1. The zero-order valence-electron chi connectivity index (χ0n) is 5.50. The predicted octanol–water partition coefficient (Wildman–Crippen LogP) is 1.61. The lowest BCUT2D eigenvalue weighted by molar-refractivity contribution is 0.476. The van der Waals surface area contributed by atoms with Gasteiger partial charge in [0, 0.05) is 4.47 Å². The first-order valence-corrected chi connectivity index (χ1v) is 3.63. The minimum atomic E-state index is -0.165. The van der Waals surface area contributed by atoms with Crippen molar-refractivity contribution in [3.05, 3.63) is 22.2 Å². The van der Waals surface area contributed by atoms with Crippen LogP contribution in [-0.2, 0) is 0 Å². The van der Waals surface area contributed by atoms with Crippen molar-refractivity contribution in [1.82, 2.24) is 0 Å². The molecule has 0 bridgehead atoms. The highest BCUT2D eigenvalue weighted by Crippen LogP contribution is 2.31. The van der Waals surface area contributed by atoms with E-state index in [0.29, 0.717) is 4.47 Å².